The minimum absolute atomic E-state index is 0.309. The molecular formula is C41H45N2S2+. The number of fused-ring (bicyclic) bond motifs is 2. The van der Waals surface area contributed by atoms with Gasteiger partial charge in [-0.15, -0.1) is 10.5 Å². The standard InChI is InChI=1S/C41H44N2S2/c1-28-24-33(37-22-20-35(42(3)4)26-39(37)44-28)18-16-31-14-11-15-32(41(31)30-12-9-8-10-13-30)17-19-34-25-29(2)45(7)40-27-36(43(5)6)21-23-38(34)40/h8-10,12-13,16-27H,11,14-15H2,1-7H3/p+1/b19-17+,31-16+,33-18+. The lowest BCUT2D eigenvalue weighted by Crippen LogP contribution is -2.13. The van der Waals surface area contributed by atoms with Crippen molar-refractivity contribution < 1.29 is 0 Å². The van der Waals surface area contributed by atoms with Crippen molar-refractivity contribution in [2.45, 2.75) is 42.9 Å². The van der Waals surface area contributed by atoms with Crippen LogP contribution in [0.25, 0.3) is 16.7 Å². The van der Waals surface area contributed by atoms with Gasteiger partial charge in [0.15, 0.2) is 0 Å². The predicted molar refractivity (Wildman–Crippen MR) is 205 cm³/mol. The highest BCUT2D eigenvalue weighted by Crippen LogP contribution is 2.43. The Morgan fingerprint density at radius 1 is 0.756 bits per heavy atom. The second kappa shape index (κ2) is 13.3. The minimum Gasteiger partial charge on any atom is -0.378 e. The van der Waals surface area contributed by atoms with Crippen LogP contribution < -0.4 is 9.80 Å². The molecule has 0 amide bonds. The van der Waals surface area contributed by atoms with E-state index < -0.39 is 0 Å². The summed E-state index contributed by atoms with van der Waals surface area (Å²) < 4.78 is 0. The number of anilines is 2. The lowest BCUT2D eigenvalue weighted by molar-refractivity contribution is 0.805. The molecule has 2 aliphatic heterocycles. The van der Waals surface area contributed by atoms with E-state index in [1.807, 2.05) is 11.8 Å². The molecule has 0 aromatic heterocycles. The Kier molecular flexibility index (Phi) is 9.26. The average Bonchev–Trinajstić information content (AvgIpc) is 3.04. The van der Waals surface area contributed by atoms with Crippen molar-refractivity contribution in [1.82, 2.24) is 0 Å². The van der Waals surface area contributed by atoms with Crippen LogP contribution in [0.2, 0.25) is 0 Å². The molecular weight excluding hydrogens is 585 g/mol. The molecule has 1 unspecified atom stereocenters. The topological polar surface area (TPSA) is 6.48 Å². The zero-order valence-corrected chi connectivity index (χ0v) is 29.4. The third-order valence-electron chi connectivity index (χ3n) is 9.01. The van der Waals surface area contributed by atoms with Gasteiger partial charge in [-0.1, -0.05) is 72.5 Å². The Morgan fingerprint density at radius 3 is 2.20 bits per heavy atom. The van der Waals surface area contributed by atoms with Gasteiger partial charge in [0.05, 0.1) is 11.1 Å². The van der Waals surface area contributed by atoms with E-state index in [1.165, 1.54) is 75.5 Å². The average molecular weight is 630 g/mol. The molecule has 45 heavy (non-hydrogen) atoms. The van der Waals surface area contributed by atoms with Gasteiger partial charge in [0, 0.05) is 63.0 Å². The van der Waals surface area contributed by atoms with Crippen LogP contribution in [0.3, 0.4) is 0 Å². The third-order valence-corrected chi connectivity index (χ3v) is 12.3. The predicted octanol–water partition coefficient (Wildman–Crippen LogP) is 9.96. The van der Waals surface area contributed by atoms with E-state index in [-0.39, 0.29) is 10.5 Å². The van der Waals surface area contributed by atoms with Crippen molar-refractivity contribution in [2.24, 2.45) is 0 Å². The van der Waals surface area contributed by atoms with Crippen molar-refractivity contribution in [3.63, 3.8) is 0 Å². The highest BCUT2D eigenvalue weighted by atomic mass is 32.2. The Labute approximate surface area is 277 Å². The van der Waals surface area contributed by atoms with Crippen LogP contribution in [0, 0.1) is 0 Å². The molecule has 0 radical (unpaired) electrons. The number of hydrogen-bond donors (Lipinski definition) is 0. The second-order valence-corrected chi connectivity index (χ2v) is 16.2. The molecule has 6 rings (SSSR count). The Morgan fingerprint density at radius 2 is 1.47 bits per heavy atom. The Bertz CT molecular complexity index is 1860. The smallest absolute Gasteiger partial charge is 0.126 e. The first-order valence-corrected chi connectivity index (χ1v) is 18.5. The van der Waals surface area contributed by atoms with E-state index in [1.54, 1.807) is 0 Å². The summed E-state index contributed by atoms with van der Waals surface area (Å²) in [4.78, 5) is 10.0. The molecule has 0 fully saturated rings. The number of rotatable bonds is 6. The molecule has 1 aliphatic carbocycles. The van der Waals surface area contributed by atoms with Gasteiger partial charge in [0.25, 0.3) is 0 Å². The summed E-state index contributed by atoms with van der Waals surface area (Å²) in [7, 11) is 8.16. The molecule has 230 valence electrons. The second-order valence-electron chi connectivity index (χ2n) is 12.6. The van der Waals surface area contributed by atoms with E-state index in [2.05, 4.69) is 161 Å². The summed E-state index contributed by atoms with van der Waals surface area (Å²) in [5.41, 5.74) is 13.4. The van der Waals surface area contributed by atoms with Crippen molar-refractivity contribution >= 4 is 55.2 Å². The van der Waals surface area contributed by atoms with E-state index in [0.717, 1.165) is 19.3 Å². The van der Waals surface area contributed by atoms with Crippen molar-refractivity contribution in [3.8, 4) is 0 Å². The summed E-state index contributed by atoms with van der Waals surface area (Å²) in [6, 6.07) is 24.8. The molecule has 0 saturated carbocycles. The number of hydrogen-bond acceptors (Lipinski definition) is 3. The van der Waals surface area contributed by atoms with Crippen LogP contribution in [0.15, 0.2) is 129 Å². The van der Waals surface area contributed by atoms with E-state index in [0.29, 0.717) is 0 Å². The van der Waals surface area contributed by atoms with Crippen molar-refractivity contribution in [1.29, 1.82) is 0 Å². The lowest BCUT2D eigenvalue weighted by Gasteiger charge is -2.23. The summed E-state index contributed by atoms with van der Waals surface area (Å²) in [6.07, 6.45) is 20.0. The SMILES string of the molecule is CC1=C/C(=C\C=C2/CCCC(/C=C/C3=CC(C)=[SH+](C)c4cc(N(C)C)ccc43)=C2c2ccccc2)c2ccc(N(C)C)cc2S1. The normalized spacial score (nSPS) is 19.9. The van der Waals surface area contributed by atoms with E-state index in [9.17, 15) is 0 Å². The monoisotopic (exact) mass is 629 g/mol. The molecule has 0 N–H and O–H groups in total. The third kappa shape index (κ3) is 6.64. The molecule has 0 spiro atoms. The lowest BCUT2D eigenvalue weighted by atomic mass is 9.82. The molecule has 4 heteroatoms. The first-order valence-electron chi connectivity index (χ1n) is 15.9. The van der Waals surface area contributed by atoms with Gasteiger partial charge in [0.2, 0.25) is 0 Å². The largest absolute Gasteiger partial charge is 0.378 e. The van der Waals surface area contributed by atoms with Gasteiger partial charge < -0.3 is 9.80 Å². The van der Waals surface area contributed by atoms with Gasteiger partial charge in [-0.2, -0.15) is 0 Å². The van der Waals surface area contributed by atoms with Gasteiger partial charge in [-0.05, 0) is 107 Å². The molecule has 3 aliphatic rings. The van der Waals surface area contributed by atoms with E-state index in [4.69, 9.17) is 0 Å². The summed E-state index contributed by atoms with van der Waals surface area (Å²) in [5, 5.41) is 0. The highest BCUT2D eigenvalue weighted by Gasteiger charge is 2.22. The van der Waals surface area contributed by atoms with Crippen LogP contribution in [-0.2, 0) is 10.5 Å². The van der Waals surface area contributed by atoms with Crippen LogP contribution in [-0.4, -0.2) is 39.3 Å². The maximum Gasteiger partial charge on any atom is 0.126 e. The molecule has 2 heterocycles. The maximum absolute atomic E-state index is 2.42. The number of allylic oxidation sites excluding steroid dienone is 12. The summed E-state index contributed by atoms with van der Waals surface area (Å²) in [5.74, 6) is 0. The molecule has 3 aromatic carbocycles. The fourth-order valence-corrected chi connectivity index (χ4v) is 9.02. The number of nitrogens with zero attached hydrogens (tertiary/aromatic N) is 2. The maximum atomic E-state index is 2.42. The van der Waals surface area contributed by atoms with Crippen LogP contribution in [0.5, 0.6) is 0 Å². The molecule has 0 bridgehead atoms. The first-order chi connectivity index (χ1) is 21.7. The van der Waals surface area contributed by atoms with Gasteiger partial charge >= 0.3 is 0 Å². The zero-order chi connectivity index (χ0) is 31.7. The Balaban J connectivity index is 1.42. The van der Waals surface area contributed by atoms with Crippen LogP contribution in [0.4, 0.5) is 11.4 Å². The first kappa shape index (κ1) is 31.3. The van der Waals surface area contributed by atoms with Crippen LogP contribution >= 0.6 is 11.8 Å². The summed E-state index contributed by atoms with van der Waals surface area (Å²) in [6.45, 7) is 4.52. The number of thiol groups is 1. The van der Waals surface area contributed by atoms with Crippen LogP contribution in [0.1, 0.15) is 49.8 Å². The van der Waals surface area contributed by atoms with Crippen molar-refractivity contribution in [3.05, 3.63) is 136 Å². The molecule has 3 aromatic rings. The Hall–Kier alpha value is -3.73. The zero-order valence-electron chi connectivity index (χ0n) is 27.7. The minimum atomic E-state index is -0.309. The highest BCUT2D eigenvalue weighted by molar-refractivity contribution is 8.03. The molecule has 2 nitrogen and oxygen atoms in total. The summed E-state index contributed by atoms with van der Waals surface area (Å²) >= 11 is 1.87. The fourth-order valence-electron chi connectivity index (χ4n) is 6.41. The molecule has 0 saturated heterocycles. The quantitative estimate of drug-likeness (QED) is 0.152. The number of benzene rings is 3. The fraction of sp³-hybridized carbons (Fsp3) is 0.244. The van der Waals surface area contributed by atoms with Crippen molar-refractivity contribution in [2.75, 3.05) is 44.2 Å². The van der Waals surface area contributed by atoms with Gasteiger partial charge in [0.1, 0.15) is 4.90 Å². The molecule has 1 atom stereocenters. The van der Waals surface area contributed by atoms with Gasteiger partial charge in [-0.3, -0.25) is 0 Å². The van der Waals surface area contributed by atoms with Gasteiger partial charge in [-0.25, -0.2) is 0 Å². The van der Waals surface area contributed by atoms with E-state index >= 15 is 0 Å². The number of thioether (sulfide) groups is 1.